The maximum Gasteiger partial charge on any atom is 0.350 e. The monoisotopic (exact) mass is 365 g/mol. The summed E-state index contributed by atoms with van der Waals surface area (Å²) in [7, 11) is 0. The zero-order chi connectivity index (χ0) is 18.6. The lowest BCUT2D eigenvalue weighted by molar-refractivity contribution is -0.142. The number of benzene rings is 1. The number of hydrogen-bond acceptors (Lipinski definition) is 6. The first-order valence-electron chi connectivity index (χ1n) is 7.57. The summed E-state index contributed by atoms with van der Waals surface area (Å²) in [6, 6.07) is 6.15. The molecule has 25 heavy (non-hydrogen) atoms. The van der Waals surface area contributed by atoms with E-state index >= 15 is 0 Å². The number of aliphatic imine (C=N–C) groups is 1. The molecule has 1 aliphatic rings. The third-order valence-electron chi connectivity index (χ3n) is 3.76. The summed E-state index contributed by atoms with van der Waals surface area (Å²) in [5.41, 5.74) is 6.33. The summed E-state index contributed by atoms with van der Waals surface area (Å²) in [5.74, 6) is -3.04. The van der Waals surface area contributed by atoms with Crippen molar-refractivity contribution in [3.05, 3.63) is 35.9 Å². The van der Waals surface area contributed by atoms with Crippen LogP contribution in [-0.4, -0.2) is 50.9 Å². The van der Waals surface area contributed by atoms with Crippen LogP contribution in [0.1, 0.15) is 18.5 Å². The number of nitrogens with one attached hydrogen (secondary N) is 1. The van der Waals surface area contributed by atoms with E-state index in [1.807, 2.05) is 0 Å². The summed E-state index contributed by atoms with van der Waals surface area (Å²) in [4.78, 5) is 39.1. The average Bonchev–Trinajstić information content (AvgIpc) is 2.59. The molecule has 2 rings (SSSR count). The molecule has 1 amide bonds. The number of rotatable bonds is 6. The number of hydrogen-bond donors (Lipinski definition) is 4. The number of nitrogens with zero attached hydrogens (tertiary/aromatic N) is 1. The van der Waals surface area contributed by atoms with Crippen molar-refractivity contribution in [3.8, 4) is 0 Å². The molecule has 134 valence electrons. The molecule has 0 saturated heterocycles. The molecule has 5 N–H and O–H groups in total. The minimum absolute atomic E-state index is 0.0865. The number of carbonyl (C=O) groups excluding carboxylic acids is 1. The average molecular weight is 365 g/mol. The number of carboxylic acid groups (broad SMARTS) is 2. The van der Waals surface area contributed by atoms with Gasteiger partial charge in [0.1, 0.15) is 17.1 Å². The third kappa shape index (κ3) is 4.58. The Labute approximate surface area is 148 Å². The summed E-state index contributed by atoms with van der Waals surface area (Å²) in [6.45, 7) is 1.70. The summed E-state index contributed by atoms with van der Waals surface area (Å²) in [5, 5.41) is 20.1. The highest BCUT2D eigenvalue weighted by molar-refractivity contribution is 8.00. The van der Waals surface area contributed by atoms with Crippen molar-refractivity contribution in [3.63, 3.8) is 0 Å². The lowest BCUT2D eigenvalue weighted by Crippen LogP contribution is -2.51. The van der Waals surface area contributed by atoms with E-state index in [1.165, 1.54) is 11.8 Å². The summed E-state index contributed by atoms with van der Waals surface area (Å²) in [6.07, 6.45) is 0. The Balaban J connectivity index is 2.17. The van der Waals surface area contributed by atoms with E-state index in [0.717, 1.165) is 0 Å². The molecular weight excluding hydrogens is 346 g/mol. The maximum absolute atomic E-state index is 12.3. The van der Waals surface area contributed by atoms with Gasteiger partial charge in [-0.1, -0.05) is 37.3 Å². The number of thioether (sulfide) groups is 1. The van der Waals surface area contributed by atoms with Crippen molar-refractivity contribution in [1.82, 2.24) is 5.32 Å². The van der Waals surface area contributed by atoms with Crippen molar-refractivity contribution in [2.45, 2.75) is 24.4 Å². The van der Waals surface area contributed by atoms with Crippen LogP contribution in [0.4, 0.5) is 0 Å². The van der Waals surface area contributed by atoms with E-state index in [1.54, 1.807) is 37.3 Å². The van der Waals surface area contributed by atoms with E-state index in [0.29, 0.717) is 11.3 Å². The van der Waals surface area contributed by atoms with E-state index in [-0.39, 0.29) is 11.6 Å². The second kappa shape index (κ2) is 8.13. The largest absolute Gasteiger partial charge is 0.480 e. The van der Waals surface area contributed by atoms with Crippen LogP contribution in [0, 0.1) is 5.92 Å². The van der Waals surface area contributed by atoms with Crippen LogP contribution in [0.2, 0.25) is 0 Å². The second-order valence-electron chi connectivity index (χ2n) is 5.66. The Hall–Kier alpha value is -2.39. The van der Waals surface area contributed by atoms with Gasteiger partial charge < -0.3 is 21.3 Å². The van der Waals surface area contributed by atoms with Crippen LogP contribution in [-0.2, 0) is 14.4 Å². The Kier molecular flexibility index (Phi) is 6.16. The van der Waals surface area contributed by atoms with Gasteiger partial charge in [-0.2, -0.15) is 0 Å². The van der Waals surface area contributed by atoms with Gasteiger partial charge in [-0.3, -0.25) is 9.79 Å². The van der Waals surface area contributed by atoms with Crippen LogP contribution in [0.15, 0.2) is 35.3 Å². The number of aliphatic carboxylic acids is 2. The predicted octanol–water partition coefficient (Wildman–Crippen LogP) is 0.490. The Morgan fingerprint density at radius 1 is 1.28 bits per heavy atom. The lowest BCUT2D eigenvalue weighted by atomic mass is 10.1. The SMILES string of the molecule is C[C@@H]1CS[C@H]([C@H](NC(=O)C(N)c2ccccc2)C(=O)O)N=C1C(=O)O. The number of carbonyl (C=O) groups is 3. The minimum atomic E-state index is -1.37. The second-order valence-corrected chi connectivity index (χ2v) is 6.81. The van der Waals surface area contributed by atoms with Gasteiger partial charge in [0, 0.05) is 11.7 Å². The fourth-order valence-corrected chi connectivity index (χ4v) is 3.58. The molecule has 0 fully saturated rings. The number of nitrogens with two attached hydrogens (primary N) is 1. The molecule has 0 spiro atoms. The molecule has 1 aromatic carbocycles. The van der Waals surface area contributed by atoms with Crippen LogP contribution < -0.4 is 11.1 Å². The molecule has 0 aromatic heterocycles. The molecule has 0 aliphatic carbocycles. The van der Waals surface area contributed by atoms with E-state index in [2.05, 4.69) is 10.3 Å². The molecule has 0 bridgehead atoms. The van der Waals surface area contributed by atoms with Gasteiger partial charge in [0.05, 0.1) is 0 Å². The van der Waals surface area contributed by atoms with Crippen LogP contribution in [0.25, 0.3) is 0 Å². The van der Waals surface area contributed by atoms with Crippen molar-refractivity contribution in [2.75, 3.05) is 5.75 Å². The molecule has 8 nitrogen and oxygen atoms in total. The Morgan fingerprint density at radius 3 is 2.48 bits per heavy atom. The fraction of sp³-hybridized carbons (Fsp3) is 0.375. The first-order valence-corrected chi connectivity index (χ1v) is 8.62. The van der Waals surface area contributed by atoms with E-state index < -0.39 is 35.3 Å². The fourth-order valence-electron chi connectivity index (χ4n) is 2.37. The zero-order valence-corrected chi connectivity index (χ0v) is 14.3. The van der Waals surface area contributed by atoms with Crippen LogP contribution in [0.3, 0.4) is 0 Å². The van der Waals surface area contributed by atoms with Gasteiger partial charge in [0.2, 0.25) is 5.91 Å². The Bertz CT molecular complexity index is 694. The van der Waals surface area contributed by atoms with Gasteiger partial charge in [-0.15, -0.1) is 11.8 Å². The number of amides is 1. The zero-order valence-electron chi connectivity index (χ0n) is 13.5. The van der Waals surface area contributed by atoms with Gasteiger partial charge >= 0.3 is 11.9 Å². The van der Waals surface area contributed by atoms with Gasteiger partial charge in [0.25, 0.3) is 0 Å². The molecular formula is C16H19N3O5S. The van der Waals surface area contributed by atoms with Crippen molar-refractivity contribution >= 4 is 35.3 Å². The Morgan fingerprint density at radius 2 is 1.92 bits per heavy atom. The molecule has 9 heteroatoms. The molecule has 4 atom stereocenters. The van der Waals surface area contributed by atoms with Crippen LogP contribution >= 0.6 is 11.8 Å². The van der Waals surface area contributed by atoms with E-state index in [9.17, 15) is 24.6 Å². The maximum atomic E-state index is 12.3. The molecule has 1 aliphatic heterocycles. The molecule has 1 aromatic rings. The highest BCUT2D eigenvalue weighted by atomic mass is 32.2. The summed E-state index contributed by atoms with van der Waals surface area (Å²) < 4.78 is 0. The predicted molar refractivity (Wildman–Crippen MR) is 93.4 cm³/mol. The highest BCUT2D eigenvalue weighted by Gasteiger charge is 2.36. The lowest BCUT2D eigenvalue weighted by Gasteiger charge is -2.28. The molecule has 0 radical (unpaired) electrons. The molecule has 1 heterocycles. The number of carboxylic acids is 2. The van der Waals surface area contributed by atoms with Crippen LogP contribution in [0.5, 0.6) is 0 Å². The normalized spacial score (nSPS) is 22.4. The molecule has 0 saturated carbocycles. The van der Waals surface area contributed by atoms with Crippen molar-refractivity contribution in [2.24, 2.45) is 16.6 Å². The first kappa shape index (κ1) is 18.9. The minimum Gasteiger partial charge on any atom is -0.480 e. The van der Waals surface area contributed by atoms with Crippen molar-refractivity contribution in [1.29, 1.82) is 0 Å². The smallest absolute Gasteiger partial charge is 0.350 e. The van der Waals surface area contributed by atoms with Gasteiger partial charge in [0.15, 0.2) is 6.04 Å². The highest BCUT2D eigenvalue weighted by Crippen LogP contribution is 2.27. The van der Waals surface area contributed by atoms with Gasteiger partial charge in [-0.25, -0.2) is 9.59 Å². The third-order valence-corrected chi connectivity index (χ3v) is 5.17. The molecule has 1 unspecified atom stereocenters. The topological polar surface area (TPSA) is 142 Å². The van der Waals surface area contributed by atoms with Gasteiger partial charge in [-0.05, 0) is 5.56 Å². The first-order chi connectivity index (χ1) is 11.8. The summed E-state index contributed by atoms with van der Waals surface area (Å²) >= 11 is 1.19. The van der Waals surface area contributed by atoms with Crippen molar-refractivity contribution < 1.29 is 24.6 Å². The standard InChI is InChI=1S/C16H19N3O5S/c1-8-7-25-14(19-11(8)15(21)22)12(16(23)24)18-13(20)10(17)9-5-3-2-4-6-9/h2-6,8,10,12,14H,7,17H2,1H3,(H,18,20)(H,21,22)(H,23,24)/t8-,10?,12+,14-/m1/s1. The quantitative estimate of drug-likeness (QED) is 0.574. The van der Waals surface area contributed by atoms with E-state index in [4.69, 9.17) is 5.73 Å².